The fraction of sp³-hybridized carbons (Fsp3) is 0.484. The van der Waals surface area contributed by atoms with Crippen LogP contribution in [0.3, 0.4) is 0 Å². The third-order valence-electron chi connectivity index (χ3n) is 8.25. The zero-order valence-electron chi connectivity index (χ0n) is 23.4. The molecule has 1 aromatic carbocycles. The van der Waals surface area contributed by atoms with Crippen molar-refractivity contribution in [1.82, 2.24) is 14.4 Å². The van der Waals surface area contributed by atoms with E-state index in [1.807, 2.05) is 30.9 Å². The molecule has 210 valence electrons. The van der Waals surface area contributed by atoms with Crippen LogP contribution >= 0.6 is 24.0 Å². The highest BCUT2D eigenvalue weighted by atomic mass is 32.2. The van der Waals surface area contributed by atoms with Gasteiger partial charge < -0.3 is 4.90 Å². The number of thiocarbonyl (C=S) groups is 1. The van der Waals surface area contributed by atoms with Crippen LogP contribution in [-0.2, 0) is 17.9 Å². The number of anilines is 1. The predicted octanol–water partition coefficient (Wildman–Crippen LogP) is 5.29. The quantitative estimate of drug-likeness (QED) is 0.328. The second kappa shape index (κ2) is 12.7. The fourth-order valence-electron chi connectivity index (χ4n) is 6.14. The van der Waals surface area contributed by atoms with Crippen LogP contribution in [0.1, 0.15) is 67.7 Å². The van der Waals surface area contributed by atoms with Gasteiger partial charge in [-0.15, -0.1) is 0 Å². The van der Waals surface area contributed by atoms with Gasteiger partial charge in [0.2, 0.25) is 0 Å². The first-order valence-electron chi connectivity index (χ1n) is 14.4. The van der Waals surface area contributed by atoms with Crippen molar-refractivity contribution in [3.8, 4) is 6.07 Å². The lowest BCUT2D eigenvalue weighted by atomic mass is 9.94. The van der Waals surface area contributed by atoms with Crippen molar-refractivity contribution in [1.29, 1.82) is 5.26 Å². The van der Waals surface area contributed by atoms with E-state index in [2.05, 4.69) is 40.1 Å². The van der Waals surface area contributed by atoms with Gasteiger partial charge in [-0.2, -0.15) is 5.26 Å². The summed E-state index contributed by atoms with van der Waals surface area (Å²) >= 11 is 7.03. The molecule has 1 aliphatic carbocycles. The zero-order valence-corrected chi connectivity index (χ0v) is 25.0. The van der Waals surface area contributed by atoms with Crippen molar-refractivity contribution < 1.29 is 4.79 Å². The van der Waals surface area contributed by atoms with E-state index in [9.17, 15) is 14.9 Å². The molecule has 0 unspecified atom stereocenters. The van der Waals surface area contributed by atoms with Gasteiger partial charge >= 0.3 is 0 Å². The highest BCUT2D eigenvalue weighted by Crippen LogP contribution is 2.39. The van der Waals surface area contributed by atoms with Crippen LogP contribution in [0, 0.1) is 18.3 Å². The van der Waals surface area contributed by atoms with Gasteiger partial charge in [0, 0.05) is 50.9 Å². The van der Waals surface area contributed by atoms with Crippen LogP contribution in [0.25, 0.3) is 6.08 Å². The van der Waals surface area contributed by atoms with Crippen molar-refractivity contribution in [2.24, 2.45) is 0 Å². The molecule has 9 heteroatoms. The number of rotatable bonds is 7. The molecule has 3 heterocycles. The second-order valence-electron chi connectivity index (χ2n) is 10.9. The number of piperazine rings is 1. The Hall–Kier alpha value is -2.93. The van der Waals surface area contributed by atoms with Gasteiger partial charge in [-0.25, -0.2) is 0 Å². The van der Waals surface area contributed by atoms with Crippen LogP contribution in [-0.4, -0.2) is 56.8 Å². The predicted molar refractivity (Wildman–Crippen MR) is 166 cm³/mol. The Morgan fingerprint density at radius 2 is 1.77 bits per heavy atom. The summed E-state index contributed by atoms with van der Waals surface area (Å²) in [6, 6.07) is 12.8. The smallest absolute Gasteiger partial charge is 0.270 e. The van der Waals surface area contributed by atoms with Crippen LogP contribution in [0.4, 0.5) is 5.82 Å². The summed E-state index contributed by atoms with van der Waals surface area (Å²) in [5.74, 6) is 0.761. The van der Waals surface area contributed by atoms with Crippen molar-refractivity contribution in [3.63, 3.8) is 0 Å². The van der Waals surface area contributed by atoms with Crippen molar-refractivity contribution in [2.45, 2.75) is 71.5 Å². The summed E-state index contributed by atoms with van der Waals surface area (Å²) < 4.78 is 2.37. The molecular formula is C31H37N5O2S2. The van der Waals surface area contributed by atoms with E-state index < -0.39 is 0 Å². The van der Waals surface area contributed by atoms with Crippen LogP contribution < -0.4 is 10.5 Å². The normalized spacial score (nSPS) is 20.0. The van der Waals surface area contributed by atoms with E-state index >= 15 is 0 Å². The van der Waals surface area contributed by atoms with E-state index in [1.165, 1.54) is 23.7 Å². The minimum absolute atomic E-state index is 0.0494. The molecule has 0 spiro atoms. The first-order valence-corrected chi connectivity index (χ1v) is 15.6. The van der Waals surface area contributed by atoms with Crippen LogP contribution in [0.15, 0.2) is 40.0 Å². The number of thioether (sulfide) groups is 1. The molecule has 40 heavy (non-hydrogen) atoms. The second-order valence-corrected chi connectivity index (χ2v) is 12.6. The number of aromatic nitrogens is 1. The molecule has 3 aliphatic rings. The highest BCUT2D eigenvalue weighted by molar-refractivity contribution is 8.26. The summed E-state index contributed by atoms with van der Waals surface area (Å²) in [5.41, 5.74) is 2.59. The third kappa shape index (κ3) is 5.76. The number of pyridine rings is 1. The number of nitriles is 1. The standard InChI is InChI=1S/C31H37N5O2S2/c1-3-14-35-28(34-17-15-33(16-18-34)21-23-10-6-4-7-11-23)25(22(2)26(20-32)29(35)37)19-27-30(38)36(31(39)40-27)24-12-8-5-9-13-24/h4,6-7,10-11,19,24H,3,5,8-9,12-18,21H2,1-2H3/b27-19+. The van der Waals surface area contributed by atoms with Crippen molar-refractivity contribution in [3.05, 3.63) is 67.8 Å². The molecule has 2 saturated heterocycles. The van der Waals surface area contributed by atoms with E-state index in [0.717, 1.165) is 76.2 Å². The van der Waals surface area contributed by atoms with E-state index in [1.54, 1.807) is 4.57 Å². The molecule has 1 aromatic heterocycles. The minimum atomic E-state index is -0.254. The maximum Gasteiger partial charge on any atom is 0.270 e. The first-order chi connectivity index (χ1) is 19.4. The number of hydrogen-bond acceptors (Lipinski definition) is 7. The largest absolute Gasteiger partial charge is 0.355 e. The summed E-state index contributed by atoms with van der Waals surface area (Å²) in [5, 5.41) is 9.95. The van der Waals surface area contributed by atoms with Crippen LogP contribution in [0.5, 0.6) is 0 Å². The molecule has 0 radical (unpaired) electrons. The first kappa shape index (κ1) is 28.6. The molecule has 0 atom stereocenters. The summed E-state index contributed by atoms with van der Waals surface area (Å²) in [4.78, 5) is 34.3. The van der Waals surface area contributed by atoms with Gasteiger partial charge in [0.1, 0.15) is 21.8 Å². The molecule has 2 aliphatic heterocycles. The summed E-state index contributed by atoms with van der Waals surface area (Å²) in [6.45, 7) is 8.50. The number of carbonyl (C=O) groups excluding carboxylic acids is 1. The Balaban J connectivity index is 1.50. The molecule has 1 amide bonds. The van der Waals surface area contributed by atoms with Gasteiger partial charge in [-0.3, -0.25) is 24.0 Å². The monoisotopic (exact) mass is 575 g/mol. The Bertz CT molecular complexity index is 1400. The van der Waals surface area contributed by atoms with Crippen molar-refractivity contribution >= 4 is 46.1 Å². The van der Waals surface area contributed by atoms with Crippen LogP contribution in [0.2, 0.25) is 0 Å². The Morgan fingerprint density at radius 3 is 2.42 bits per heavy atom. The van der Waals surface area contributed by atoms with E-state index in [-0.39, 0.29) is 23.1 Å². The molecule has 0 N–H and O–H groups in total. The molecule has 3 fully saturated rings. The molecule has 7 nitrogen and oxygen atoms in total. The Labute approximate surface area is 246 Å². The third-order valence-corrected chi connectivity index (χ3v) is 9.58. The van der Waals surface area contributed by atoms with Gasteiger partial charge in [-0.05, 0) is 43.4 Å². The number of amides is 1. The highest BCUT2D eigenvalue weighted by Gasteiger charge is 2.38. The van der Waals surface area contributed by atoms with Crippen molar-refractivity contribution in [2.75, 3.05) is 31.1 Å². The SMILES string of the molecule is CCCn1c(N2CCN(Cc3ccccc3)CC2)c(/C=C2/SC(=S)N(C3CCCCC3)C2=O)c(C)c(C#N)c1=O. The van der Waals surface area contributed by atoms with Gasteiger partial charge in [0.25, 0.3) is 11.5 Å². The topological polar surface area (TPSA) is 72.6 Å². The lowest BCUT2D eigenvalue weighted by Gasteiger charge is -2.38. The molecule has 5 rings (SSSR count). The maximum absolute atomic E-state index is 13.7. The molecule has 1 saturated carbocycles. The maximum atomic E-state index is 13.7. The van der Waals surface area contributed by atoms with Gasteiger partial charge in [-0.1, -0.05) is 80.5 Å². The zero-order chi connectivity index (χ0) is 28.2. The summed E-state index contributed by atoms with van der Waals surface area (Å²) in [6.07, 6.45) is 8.07. The lowest BCUT2D eigenvalue weighted by molar-refractivity contribution is -0.124. The minimum Gasteiger partial charge on any atom is -0.355 e. The Morgan fingerprint density at radius 1 is 1.07 bits per heavy atom. The number of hydrogen-bond donors (Lipinski definition) is 0. The fourth-order valence-corrected chi connectivity index (χ4v) is 7.52. The van der Waals surface area contributed by atoms with E-state index in [0.29, 0.717) is 21.3 Å². The average Bonchev–Trinajstić information content (AvgIpc) is 3.25. The molecule has 0 bridgehead atoms. The average molecular weight is 576 g/mol. The number of benzene rings is 1. The van der Waals surface area contributed by atoms with Gasteiger partial charge in [0.05, 0.1) is 4.91 Å². The molecule has 2 aromatic rings. The lowest BCUT2D eigenvalue weighted by Crippen LogP contribution is -2.48. The number of nitrogens with zero attached hydrogens (tertiary/aromatic N) is 5. The Kier molecular flexibility index (Phi) is 9.09. The summed E-state index contributed by atoms with van der Waals surface area (Å²) in [7, 11) is 0. The van der Waals surface area contributed by atoms with Gasteiger partial charge in [0.15, 0.2) is 0 Å². The molecular weight excluding hydrogens is 539 g/mol. The number of carbonyl (C=O) groups is 1. The van der Waals surface area contributed by atoms with E-state index in [4.69, 9.17) is 12.2 Å².